The van der Waals surface area contributed by atoms with Gasteiger partial charge in [-0.05, 0) is 39.3 Å². The Labute approximate surface area is 88.2 Å². The Morgan fingerprint density at radius 3 is 2.50 bits per heavy atom. The van der Waals surface area contributed by atoms with E-state index in [0.29, 0.717) is 12.0 Å². The fraction of sp³-hybridized carbons (Fsp3) is 1.00. The average molecular weight is 203 g/mol. The summed E-state index contributed by atoms with van der Waals surface area (Å²) in [6, 6.07) is 0. The Bertz CT molecular complexity index is 118. The van der Waals surface area contributed by atoms with Crippen LogP contribution >= 0.6 is 0 Å². The number of ether oxygens (including phenoxy) is 2. The number of hydrogen-bond acceptors (Lipinski definition) is 3. The van der Waals surface area contributed by atoms with Gasteiger partial charge in [0.1, 0.15) is 0 Å². The Balaban J connectivity index is 3.05. The molecule has 3 nitrogen and oxygen atoms in total. The van der Waals surface area contributed by atoms with Gasteiger partial charge in [-0.3, -0.25) is 0 Å². The van der Waals surface area contributed by atoms with Gasteiger partial charge in [0.2, 0.25) is 0 Å². The second kappa shape index (κ2) is 9.44. The van der Waals surface area contributed by atoms with Crippen LogP contribution in [0.1, 0.15) is 27.2 Å². The van der Waals surface area contributed by atoms with Gasteiger partial charge in [-0.15, -0.1) is 0 Å². The van der Waals surface area contributed by atoms with Crippen molar-refractivity contribution in [1.82, 2.24) is 5.32 Å². The molecule has 1 N–H and O–H groups in total. The van der Waals surface area contributed by atoms with E-state index in [1.165, 1.54) is 0 Å². The molecule has 0 aromatic carbocycles. The molecule has 3 heteroatoms. The topological polar surface area (TPSA) is 30.5 Å². The summed E-state index contributed by atoms with van der Waals surface area (Å²) in [6.45, 7) is 10.0. The van der Waals surface area contributed by atoms with Gasteiger partial charge in [-0.25, -0.2) is 0 Å². The first-order valence-electron chi connectivity index (χ1n) is 5.48. The summed E-state index contributed by atoms with van der Waals surface area (Å²) in [5, 5.41) is 3.38. The fourth-order valence-corrected chi connectivity index (χ4v) is 1.21. The molecule has 0 aliphatic rings. The molecule has 0 fully saturated rings. The van der Waals surface area contributed by atoms with E-state index in [-0.39, 0.29) is 0 Å². The van der Waals surface area contributed by atoms with Gasteiger partial charge in [-0.2, -0.15) is 0 Å². The lowest BCUT2D eigenvalue weighted by atomic mass is 10.2. The zero-order valence-corrected chi connectivity index (χ0v) is 10.0. The highest BCUT2D eigenvalue weighted by atomic mass is 16.5. The van der Waals surface area contributed by atoms with Gasteiger partial charge >= 0.3 is 0 Å². The molecule has 0 aliphatic heterocycles. The zero-order chi connectivity index (χ0) is 10.8. The summed E-state index contributed by atoms with van der Waals surface area (Å²) in [7, 11) is 1.74. The van der Waals surface area contributed by atoms with Crippen LogP contribution < -0.4 is 5.32 Å². The van der Waals surface area contributed by atoms with Crippen LogP contribution in [0, 0.1) is 5.92 Å². The van der Waals surface area contributed by atoms with Gasteiger partial charge in [-0.1, -0.05) is 6.92 Å². The molecule has 0 rings (SSSR count). The van der Waals surface area contributed by atoms with E-state index < -0.39 is 0 Å². The Morgan fingerprint density at radius 1 is 1.21 bits per heavy atom. The van der Waals surface area contributed by atoms with Crippen molar-refractivity contribution in [1.29, 1.82) is 0 Å². The van der Waals surface area contributed by atoms with Gasteiger partial charge < -0.3 is 14.8 Å². The predicted octanol–water partition coefficient (Wildman–Crippen LogP) is 1.67. The van der Waals surface area contributed by atoms with Crippen LogP contribution in [0.4, 0.5) is 0 Å². The smallest absolute Gasteiger partial charge is 0.0518 e. The SMILES string of the molecule is COCC(C)CNCCCOC(C)C. The molecule has 0 saturated heterocycles. The normalized spacial score (nSPS) is 13.5. The van der Waals surface area contributed by atoms with Crippen LogP contribution in [0.2, 0.25) is 0 Å². The molecule has 14 heavy (non-hydrogen) atoms. The molecule has 0 aromatic heterocycles. The molecule has 0 radical (unpaired) electrons. The largest absolute Gasteiger partial charge is 0.384 e. The molecule has 0 amide bonds. The van der Waals surface area contributed by atoms with Crippen LogP contribution in [-0.4, -0.2) is 39.5 Å². The van der Waals surface area contributed by atoms with Gasteiger partial charge in [0.15, 0.2) is 0 Å². The minimum atomic E-state index is 0.349. The second-order valence-electron chi connectivity index (χ2n) is 4.04. The highest BCUT2D eigenvalue weighted by molar-refractivity contribution is 4.55. The van der Waals surface area contributed by atoms with Crippen molar-refractivity contribution in [3.63, 3.8) is 0 Å². The number of methoxy groups -OCH3 is 1. The summed E-state index contributed by atoms with van der Waals surface area (Å²) >= 11 is 0. The van der Waals surface area contributed by atoms with Crippen LogP contribution in [-0.2, 0) is 9.47 Å². The predicted molar refractivity (Wildman–Crippen MR) is 59.6 cm³/mol. The summed E-state index contributed by atoms with van der Waals surface area (Å²) in [6.07, 6.45) is 1.43. The van der Waals surface area contributed by atoms with Gasteiger partial charge in [0, 0.05) is 20.3 Å². The highest BCUT2D eigenvalue weighted by Gasteiger charge is 1.99. The molecule has 0 saturated carbocycles. The quantitative estimate of drug-likeness (QED) is 0.578. The Morgan fingerprint density at radius 2 is 1.93 bits per heavy atom. The summed E-state index contributed by atoms with van der Waals surface area (Å²) < 4.78 is 10.5. The van der Waals surface area contributed by atoms with Crippen LogP contribution in [0.15, 0.2) is 0 Å². The van der Waals surface area contributed by atoms with E-state index in [1.54, 1.807) is 7.11 Å². The van der Waals surface area contributed by atoms with Crippen LogP contribution in [0.3, 0.4) is 0 Å². The average Bonchev–Trinajstić information content (AvgIpc) is 2.11. The maximum Gasteiger partial charge on any atom is 0.0518 e. The van der Waals surface area contributed by atoms with Crippen molar-refractivity contribution >= 4 is 0 Å². The molecule has 1 atom stereocenters. The zero-order valence-electron chi connectivity index (χ0n) is 10.0. The number of hydrogen-bond donors (Lipinski definition) is 1. The van der Waals surface area contributed by atoms with Crippen LogP contribution in [0.25, 0.3) is 0 Å². The molecule has 0 heterocycles. The molecular weight excluding hydrogens is 178 g/mol. The van der Waals surface area contributed by atoms with Crippen molar-refractivity contribution in [2.24, 2.45) is 5.92 Å². The highest BCUT2D eigenvalue weighted by Crippen LogP contribution is 1.93. The summed E-state index contributed by atoms with van der Waals surface area (Å²) in [5.74, 6) is 0.589. The first-order valence-corrected chi connectivity index (χ1v) is 5.48. The fourth-order valence-electron chi connectivity index (χ4n) is 1.21. The first kappa shape index (κ1) is 13.9. The van der Waals surface area contributed by atoms with E-state index >= 15 is 0 Å². The molecular formula is C11H25NO2. The van der Waals surface area contributed by atoms with E-state index in [2.05, 4.69) is 26.1 Å². The summed E-state index contributed by atoms with van der Waals surface area (Å²) in [4.78, 5) is 0. The monoisotopic (exact) mass is 203 g/mol. The maximum atomic E-state index is 5.43. The van der Waals surface area contributed by atoms with E-state index in [1.807, 2.05) is 0 Å². The third-order valence-electron chi connectivity index (χ3n) is 1.89. The number of rotatable bonds is 9. The molecule has 86 valence electrons. The Kier molecular flexibility index (Phi) is 9.35. The lowest BCUT2D eigenvalue weighted by Crippen LogP contribution is -2.25. The minimum absolute atomic E-state index is 0.349. The molecule has 1 unspecified atom stereocenters. The lowest BCUT2D eigenvalue weighted by Gasteiger charge is -2.12. The Hall–Kier alpha value is -0.120. The molecule has 0 bridgehead atoms. The van der Waals surface area contributed by atoms with Crippen LogP contribution in [0.5, 0.6) is 0 Å². The first-order chi connectivity index (χ1) is 6.66. The summed E-state index contributed by atoms with van der Waals surface area (Å²) in [5.41, 5.74) is 0. The van der Waals surface area contributed by atoms with E-state index in [4.69, 9.17) is 9.47 Å². The van der Waals surface area contributed by atoms with Crippen molar-refractivity contribution in [3.05, 3.63) is 0 Å². The third-order valence-corrected chi connectivity index (χ3v) is 1.89. The van der Waals surface area contributed by atoms with Gasteiger partial charge in [0.25, 0.3) is 0 Å². The van der Waals surface area contributed by atoms with Crippen molar-refractivity contribution < 1.29 is 9.47 Å². The minimum Gasteiger partial charge on any atom is -0.384 e. The van der Waals surface area contributed by atoms with E-state index in [0.717, 1.165) is 32.7 Å². The molecule has 0 spiro atoms. The van der Waals surface area contributed by atoms with Crippen molar-refractivity contribution in [2.75, 3.05) is 33.4 Å². The van der Waals surface area contributed by atoms with Crippen molar-refractivity contribution in [2.45, 2.75) is 33.3 Å². The van der Waals surface area contributed by atoms with Crippen molar-refractivity contribution in [3.8, 4) is 0 Å². The van der Waals surface area contributed by atoms with E-state index in [9.17, 15) is 0 Å². The second-order valence-corrected chi connectivity index (χ2v) is 4.04. The maximum absolute atomic E-state index is 5.43. The van der Waals surface area contributed by atoms with Gasteiger partial charge in [0.05, 0.1) is 6.10 Å². The molecule has 0 aromatic rings. The standard InChI is InChI=1S/C11H25NO2/c1-10(2)14-7-5-6-12-8-11(3)9-13-4/h10-12H,5-9H2,1-4H3. The number of nitrogens with one attached hydrogen (secondary N) is 1. The lowest BCUT2D eigenvalue weighted by molar-refractivity contribution is 0.0767. The third kappa shape index (κ3) is 9.96. The molecule has 0 aliphatic carbocycles.